The maximum Gasteiger partial charge on any atom is 0.229 e. The Morgan fingerprint density at radius 3 is 2.30 bits per heavy atom. The first kappa shape index (κ1) is 17.9. The van der Waals surface area contributed by atoms with E-state index in [0.29, 0.717) is 12.1 Å². The van der Waals surface area contributed by atoms with Gasteiger partial charge in [-0.1, -0.05) is 76.6 Å². The highest BCUT2D eigenvalue weighted by atomic mass is 79.9. The van der Waals surface area contributed by atoms with E-state index >= 15 is 0 Å². The highest BCUT2D eigenvalue weighted by molar-refractivity contribution is 9.10. The van der Waals surface area contributed by atoms with Crippen LogP contribution in [0.25, 0.3) is 11.0 Å². The molecule has 0 N–H and O–H groups in total. The monoisotopic (exact) mass is 440 g/mol. The highest BCUT2D eigenvalue weighted by Gasteiger charge is 2.24. The zero-order valence-corrected chi connectivity index (χ0v) is 16.8. The van der Waals surface area contributed by atoms with Crippen molar-refractivity contribution in [3.05, 3.63) is 94.5 Å². The van der Waals surface area contributed by atoms with Gasteiger partial charge in [0.05, 0.1) is 23.3 Å². The Hall–Kier alpha value is -2.44. The van der Waals surface area contributed by atoms with Crippen molar-refractivity contribution in [3.63, 3.8) is 0 Å². The molecule has 0 unspecified atom stereocenters. The summed E-state index contributed by atoms with van der Waals surface area (Å²) < 4.78 is 29.1. The predicted octanol–water partition coefficient (Wildman–Crippen LogP) is 4.82. The van der Waals surface area contributed by atoms with E-state index in [2.05, 4.69) is 20.9 Å². The number of halogens is 1. The second-order valence-corrected chi connectivity index (χ2v) is 9.04. The molecular formula is C21H17BrN2O2S. The molecule has 3 aromatic carbocycles. The second-order valence-electron chi connectivity index (χ2n) is 6.31. The van der Waals surface area contributed by atoms with E-state index in [4.69, 9.17) is 0 Å². The molecule has 1 aromatic heterocycles. The first-order valence-electron chi connectivity index (χ1n) is 8.50. The van der Waals surface area contributed by atoms with Crippen LogP contribution in [0.1, 0.15) is 11.1 Å². The molecule has 0 saturated carbocycles. The van der Waals surface area contributed by atoms with Crippen molar-refractivity contribution >= 4 is 36.8 Å². The summed E-state index contributed by atoms with van der Waals surface area (Å²) in [5.41, 5.74) is 3.23. The molecule has 0 radical (unpaired) electrons. The minimum atomic E-state index is -3.60. The van der Waals surface area contributed by atoms with Gasteiger partial charge >= 0.3 is 0 Å². The summed E-state index contributed by atoms with van der Waals surface area (Å²) in [5, 5.41) is 0.100. The molecule has 4 aromatic rings. The van der Waals surface area contributed by atoms with Crippen LogP contribution in [0, 0.1) is 0 Å². The number of para-hydroxylation sites is 2. The van der Waals surface area contributed by atoms with Crippen LogP contribution < -0.4 is 0 Å². The molecule has 4 nitrogen and oxygen atoms in total. The number of hydrogen-bond donors (Lipinski definition) is 0. The highest BCUT2D eigenvalue weighted by Crippen LogP contribution is 2.26. The number of nitrogens with zero attached hydrogens (tertiary/aromatic N) is 2. The van der Waals surface area contributed by atoms with Crippen LogP contribution in [0.15, 0.2) is 88.5 Å². The molecule has 6 heteroatoms. The molecule has 0 aliphatic carbocycles. The molecule has 136 valence electrons. The summed E-state index contributed by atoms with van der Waals surface area (Å²) in [5.74, 6) is -0.0763. The molecule has 0 fully saturated rings. The molecule has 0 atom stereocenters. The Kier molecular flexibility index (Phi) is 4.85. The lowest BCUT2D eigenvalue weighted by Crippen LogP contribution is -2.14. The lowest BCUT2D eigenvalue weighted by molar-refractivity contribution is 0.574. The van der Waals surface area contributed by atoms with Crippen molar-refractivity contribution in [2.45, 2.75) is 17.5 Å². The maximum absolute atomic E-state index is 13.2. The van der Waals surface area contributed by atoms with Gasteiger partial charge in [0, 0.05) is 4.47 Å². The van der Waals surface area contributed by atoms with Crippen LogP contribution >= 0.6 is 15.9 Å². The first-order valence-corrected chi connectivity index (χ1v) is 10.9. The molecular weight excluding hydrogens is 424 g/mol. The fraction of sp³-hybridized carbons (Fsp3) is 0.0952. The molecule has 0 amide bonds. The van der Waals surface area contributed by atoms with E-state index < -0.39 is 9.84 Å². The van der Waals surface area contributed by atoms with Crippen molar-refractivity contribution in [2.24, 2.45) is 0 Å². The lowest BCUT2D eigenvalue weighted by Gasteiger charge is -2.11. The van der Waals surface area contributed by atoms with Crippen molar-refractivity contribution in [3.8, 4) is 0 Å². The van der Waals surface area contributed by atoms with Crippen molar-refractivity contribution < 1.29 is 8.42 Å². The van der Waals surface area contributed by atoms with Crippen molar-refractivity contribution in [1.29, 1.82) is 0 Å². The normalized spacial score (nSPS) is 11.7. The van der Waals surface area contributed by atoms with Crippen LogP contribution in [0.3, 0.4) is 0 Å². The molecule has 0 spiro atoms. The Bertz CT molecular complexity index is 1200. The van der Waals surface area contributed by atoms with Gasteiger partial charge in [0.2, 0.25) is 15.0 Å². The molecule has 0 aliphatic heterocycles. The summed E-state index contributed by atoms with van der Waals surface area (Å²) in [6, 6.07) is 24.5. The molecule has 27 heavy (non-hydrogen) atoms. The Balaban J connectivity index is 1.84. The third kappa shape index (κ3) is 3.68. The van der Waals surface area contributed by atoms with Crippen molar-refractivity contribution in [2.75, 3.05) is 0 Å². The van der Waals surface area contributed by atoms with Gasteiger partial charge in [0.25, 0.3) is 0 Å². The fourth-order valence-electron chi connectivity index (χ4n) is 3.10. The van der Waals surface area contributed by atoms with Gasteiger partial charge in [0.1, 0.15) is 0 Å². The van der Waals surface area contributed by atoms with Gasteiger partial charge in [0.15, 0.2) is 0 Å². The Morgan fingerprint density at radius 1 is 0.852 bits per heavy atom. The van der Waals surface area contributed by atoms with Gasteiger partial charge in [-0.2, -0.15) is 0 Å². The average Bonchev–Trinajstić information content (AvgIpc) is 3.04. The molecule has 1 heterocycles. The van der Waals surface area contributed by atoms with Gasteiger partial charge < -0.3 is 4.57 Å². The largest absolute Gasteiger partial charge is 0.310 e. The molecule has 0 aliphatic rings. The summed E-state index contributed by atoms with van der Waals surface area (Å²) in [6.07, 6.45) is 0. The third-order valence-corrected chi connectivity index (χ3v) is 6.74. The van der Waals surface area contributed by atoms with E-state index in [9.17, 15) is 8.42 Å². The zero-order chi connectivity index (χ0) is 18.9. The van der Waals surface area contributed by atoms with Crippen LogP contribution in [0.2, 0.25) is 0 Å². The average molecular weight is 441 g/mol. The predicted molar refractivity (Wildman–Crippen MR) is 110 cm³/mol. The van der Waals surface area contributed by atoms with E-state index in [1.807, 2.05) is 78.9 Å². The number of aromatic nitrogens is 2. The van der Waals surface area contributed by atoms with E-state index in [0.717, 1.165) is 21.1 Å². The summed E-state index contributed by atoms with van der Waals surface area (Å²) >= 11 is 3.55. The first-order chi connectivity index (χ1) is 13.0. The van der Waals surface area contributed by atoms with Gasteiger partial charge in [-0.25, -0.2) is 13.4 Å². The third-order valence-electron chi connectivity index (χ3n) is 4.38. The van der Waals surface area contributed by atoms with E-state index in [1.165, 1.54) is 0 Å². The standard InChI is InChI=1S/C21H17BrN2O2S/c22-18-11-5-4-10-17(18)14-24-20-13-7-6-12-19(20)23-21(24)27(25,26)15-16-8-2-1-3-9-16/h1-13H,14-15H2. The number of rotatable bonds is 5. The molecule has 4 rings (SSSR count). The van der Waals surface area contributed by atoms with Gasteiger partial charge in [-0.05, 0) is 29.3 Å². The number of fused-ring (bicyclic) bond motifs is 1. The van der Waals surface area contributed by atoms with E-state index in [1.54, 1.807) is 4.57 Å². The van der Waals surface area contributed by atoms with Gasteiger partial charge in [-0.3, -0.25) is 0 Å². The number of imidazole rings is 1. The SMILES string of the molecule is O=S(=O)(Cc1ccccc1)c1nc2ccccc2n1Cc1ccccc1Br. The minimum Gasteiger partial charge on any atom is -0.310 e. The van der Waals surface area contributed by atoms with Crippen LogP contribution in [0.5, 0.6) is 0 Å². The fourth-order valence-corrected chi connectivity index (χ4v) is 5.01. The summed E-state index contributed by atoms with van der Waals surface area (Å²) in [4.78, 5) is 4.47. The quantitative estimate of drug-likeness (QED) is 0.446. The zero-order valence-electron chi connectivity index (χ0n) is 14.4. The second kappa shape index (κ2) is 7.29. The summed E-state index contributed by atoms with van der Waals surface area (Å²) in [7, 11) is -3.60. The number of hydrogen-bond acceptors (Lipinski definition) is 3. The van der Waals surface area contributed by atoms with Crippen LogP contribution in [-0.2, 0) is 22.1 Å². The number of benzene rings is 3. The van der Waals surface area contributed by atoms with Crippen LogP contribution in [-0.4, -0.2) is 18.0 Å². The molecule has 0 saturated heterocycles. The number of sulfone groups is 1. The smallest absolute Gasteiger partial charge is 0.229 e. The maximum atomic E-state index is 13.2. The topological polar surface area (TPSA) is 52.0 Å². The Labute approximate surface area is 166 Å². The van der Waals surface area contributed by atoms with Crippen molar-refractivity contribution in [1.82, 2.24) is 9.55 Å². The van der Waals surface area contributed by atoms with E-state index in [-0.39, 0.29) is 10.9 Å². The lowest BCUT2D eigenvalue weighted by atomic mass is 10.2. The van der Waals surface area contributed by atoms with Crippen LogP contribution in [0.4, 0.5) is 0 Å². The Morgan fingerprint density at radius 2 is 1.52 bits per heavy atom. The summed E-state index contributed by atoms with van der Waals surface area (Å²) in [6.45, 7) is 0.422. The molecule has 0 bridgehead atoms. The van der Waals surface area contributed by atoms with Gasteiger partial charge in [-0.15, -0.1) is 0 Å². The minimum absolute atomic E-state index is 0.0763.